The number of aromatic nitrogens is 3. The number of nitrogens with one attached hydrogen (secondary N) is 1. The summed E-state index contributed by atoms with van der Waals surface area (Å²) in [4.78, 5) is 17.0. The minimum atomic E-state index is -0.611. The quantitative estimate of drug-likeness (QED) is 0.730. The molecule has 143 valence electrons. The minimum absolute atomic E-state index is 0.0751. The topological polar surface area (TPSA) is 82.4 Å². The van der Waals surface area contributed by atoms with E-state index < -0.39 is 11.3 Å². The molecule has 2 aliphatic carbocycles. The summed E-state index contributed by atoms with van der Waals surface area (Å²) in [5.74, 6) is -0.575. The molecule has 5 heteroatoms. The molecule has 0 spiro atoms. The summed E-state index contributed by atoms with van der Waals surface area (Å²) in [5.41, 5.74) is 4.83. The summed E-state index contributed by atoms with van der Waals surface area (Å²) in [6, 6.07) is 16.4. The van der Waals surface area contributed by atoms with Crippen LogP contribution in [0.5, 0.6) is 0 Å². The zero-order chi connectivity index (χ0) is 20.0. The van der Waals surface area contributed by atoms with Crippen LogP contribution in [0, 0.1) is 35.3 Å². The van der Waals surface area contributed by atoms with Crippen molar-refractivity contribution in [3.05, 3.63) is 71.7 Å². The van der Waals surface area contributed by atoms with Crippen LogP contribution in [-0.4, -0.2) is 21.0 Å². The summed E-state index contributed by atoms with van der Waals surface area (Å²) < 4.78 is 0. The molecular formula is C24H21N4O. The molecule has 5 nitrogen and oxygen atoms in total. The number of benzene rings is 1. The van der Waals surface area contributed by atoms with E-state index in [1.54, 1.807) is 12.3 Å². The number of nitriles is 1. The molecule has 0 amide bonds. The molecule has 1 fully saturated rings. The van der Waals surface area contributed by atoms with Crippen molar-refractivity contribution >= 4 is 5.78 Å². The molecule has 4 atom stereocenters. The normalized spacial score (nSPS) is 28.3. The van der Waals surface area contributed by atoms with Crippen LogP contribution in [0.3, 0.4) is 0 Å². The Bertz CT molecular complexity index is 1100. The lowest BCUT2D eigenvalue weighted by molar-refractivity contribution is -0.131. The molecule has 29 heavy (non-hydrogen) atoms. The van der Waals surface area contributed by atoms with Gasteiger partial charge in [0.15, 0.2) is 5.78 Å². The van der Waals surface area contributed by atoms with E-state index in [0.29, 0.717) is 6.42 Å². The van der Waals surface area contributed by atoms with E-state index in [1.165, 1.54) is 5.56 Å². The van der Waals surface area contributed by atoms with Gasteiger partial charge in [-0.05, 0) is 42.9 Å². The van der Waals surface area contributed by atoms with Gasteiger partial charge < -0.3 is 0 Å². The number of H-pyrrole nitrogens is 1. The van der Waals surface area contributed by atoms with E-state index >= 15 is 0 Å². The molecule has 5 rings (SSSR count). The van der Waals surface area contributed by atoms with Gasteiger partial charge in [0.05, 0.1) is 23.7 Å². The van der Waals surface area contributed by atoms with Gasteiger partial charge in [0, 0.05) is 28.7 Å². The zero-order valence-corrected chi connectivity index (χ0v) is 16.2. The molecular weight excluding hydrogens is 360 g/mol. The molecule has 1 N–H and O–H groups in total. The van der Waals surface area contributed by atoms with Crippen LogP contribution in [0.1, 0.15) is 36.6 Å². The van der Waals surface area contributed by atoms with Crippen LogP contribution in [0.4, 0.5) is 0 Å². The van der Waals surface area contributed by atoms with E-state index in [-0.39, 0.29) is 17.6 Å². The fraction of sp³-hybridized carbons (Fsp3) is 0.333. The summed E-state index contributed by atoms with van der Waals surface area (Å²) in [7, 11) is 0. The minimum Gasteiger partial charge on any atom is -0.298 e. The SMILES string of the molecule is C[C@@H]1C(=O)C(C#N)C[C@]2(c3ccccc3)c3n[nH]c(-c4cc[c]nc4)c3CC[C@@H]12. The van der Waals surface area contributed by atoms with Crippen LogP contribution in [-0.2, 0) is 16.6 Å². The van der Waals surface area contributed by atoms with Crippen molar-refractivity contribution in [2.45, 2.75) is 31.6 Å². The second kappa shape index (κ2) is 6.66. The highest BCUT2D eigenvalue weighted by Crippen LogP contribution is 2.56. The Morgan fingerprint density at radius 3 is 2.83 bits per heavy atom. The molecule has 3 aromatic rings. The van der Waals surface area contributed by atoms with Gasteiger partial charge in [0.2, 0.25) is 0 Å². The van der Waals surface area contributed by atoms with Gasteiger partial charge in [0.25, 0.3) is 0 Å². The lowest BCUT2D eigenvalue weighted by Crippen LogP contribution is -2.52. The van der Waals surface area contributed by atoms with Crippen LogP contribution in [0.15, 0.2) is 48.7 Å². The number of carbonyl (C=O) groups excluding carboxylic acids is 1. The Morgan fingerprint density at radius 2 is 2.10 bits per heavy atom. The number of aromatic amines is 1. The average molecular weight is 381 g/mol. The monoisotopic (exact) mass is 381 g/mol. The fourth-order valence-electron chi connectivity index (χ4n) is 5.58. The first kappa shape index (κ1) is 17.8. The molecule has 0 saturated heterocycles. The number of ketones is 1. The Hall–Kier alpha value is -3.26. The standard InChI is InChI=1S/C24H21N4O/c1-15-20-10-9-19-21(16-6-5-11-26-14-16)27-28-23(19)24(20,12-17(13-25)22(15)29)18-7-3-2-4-8-18/h2-8,14-15,17,20H,9-10,12H2,1H3,(H,27,28)/t15-,17?,20-,24+/m0/s1. The molecule has 0 bridgehead atoms. The van der Waals surface area contributed by atoms with E-state index in [9.17, 15) is 10.1 Å². The first-order valence-electron chi connectivity index (χ1n) is 10.1. The Labute approximate surface area is 169 Å². The van der Waals surface area contributed by atoms with E-state index in [4.69, 9.17) is 5.10 Å². The molecule has 2 aliphatic rings. The Morgan fingerprint density at radius 1 is 1.28 bits per heavy atom. The molecule has 0 aliphatic heterocycles. The maximum Gasteiger partial charge on any atom is 0.153 e. The third kappa shape index (κ3) is 2.49. The molecule has 1 unspecified atom stereocenters. The average Bonchev–Trinajstić information content (AvgIpc) is 3.22. The lowest BCUT2D eigenvalue weighted by atomic mass is 9.51. The number of fused-ring (bicyclic) bond motifs is 3. The number of pyridine rings is 1. The van der Waals surface area contributed by atoms with Crippen molar-refractivity contribution in [3.8, 4) is 17.3 Å². The van der Waals surface area contributed by atoms with Crippen molar-refractivity contribution in [1.82, 2.24) is 15.2 Å². The predicted molar refractivity (Wildman–Crippen MR) is 108 cm³/mol. The van der Waals surface area contributed by atoms with Gasteiger partial charge in [-0.1, -0.05) is 37.3 Å². The van der Waals surface area contributed by atoms with Gasteiger partial charge in [-0.2, -0.15) is 10.4 Å². The van der Waals surface area contributed by atoms with E-state index in [1.807, 2.05) is 31.2 Å². The third-order valence-corrected chi connectivity index (χ3v) is 6.90. The summed E-state index contributed by atoms with van der Waals surface area (Å²) in [6.07, 6.45) is 6.85. The van der Waals surface area contributed by atoms with Gasteiger partial charge in [-0.3, -0.25) is 14.9 Å². The number of Topliss-reactive ketones (excluding diaryl/α,β-unsaturated/α-hetero) is 1. The first-order chi connectivity index (χ1) is 14.2. The van der Waals surface area contributed by atoms with Crippen LogP contribution < -0.4 is 0 Å². The van der Waals surface area contributed by atoms with Crippen molar-refractivity contribution < 1.29 is 4.79 Å². The molecule has 1 aromatic carbocycles. The van der Waals surface area contributed by atoms with Crippen molar-refractivity contribution in [2.24, 2.45) is 17.8 Å². The van der Waals surface area contributed by atoms with Crippen LogP contribution in [0.25, 0.3) is 11.3 Å². The van der Waals surface area contributed by atoms with Crippen molar-refractivity contribution in [1.29, 1.82) is 5.26 Å². The largest absolute Gasteiger partial charge is 0.298 e. The van der Waals surface area contributed by atoms with Crippen LogP contribution in [0.2, 0.25) is 0 Å². The number of carbonyl (C=O) groups is 1. The van der Waals surface area contributed by atoms with Gasteiger partial charge >= 0.3 is 0 Å². The molecule has 2 aromatic heterocycles. The summed E-state index contributed by atoms with van der Waals surface area (Å²) in [5, 5.41) is 17.8. The van der Waals surface area contributed by atoms with Crippen molar-refractivity contribution in [3.63, 3.8) is 0 Å². The van der Waals surface area contributed by atoms with Crippen molar-refractivity contribution in [2.75, 3.05) is 0 Å². The molecule has 2 heterocycles. The highest BCUT2D eigenvalue weighted by molar-refractivity contribution is 5.87. The van der Waals surface area contributed by atoms with E-state index in [0.717, 1.165) is 35.4 Å². The summed E-state index contributed by atoms with van der Waals surface area (Å²) in [6.45, 7) is 1.99. The van der Waals surface area contributed by atoms with Crippen LogP contribution >= 0.6 is 0 Å². The Balaban J connectivity index is 1.76. The second-order valence-electron chi connectivity index (χ2n) is 8.16. The fourth-order valence-corrected chi connectivity index (χ4v) is 5.58. The maximum atomic E-state index is 12.9. The van der Waals surface area contributed by atoms with Gasteiger partial charge in [-0.15, -0.1) is 0 Å². The van der Waals surface area contributed by atoms with Gasteiger partial charge in [-0.25, -0.2) is 0 Å². The number of rotatable bonds is 2. The summed E-state index contributed by atoms with van der Waals surface area (Å²) >= 11 is 0. The second-order valence-corrected chi connectivity index (χ2v) is 8.16. The first-order valence-corrected chi connectivity index (χ1v) is 10.1. The Kier molecular flexibility index (Phi) is 4.09. The molecule has 1 saturated carbocycles. The highest BCUT2D eigenvalue weighted by Gasteiger charge is 2.56. The predicted octanol–water partition coefficient (Wildman–Crippen LogP) is 3.87. The number of hydrogen-bond acceptors (Lipinski definition) is 4. The zero-order valence-electron chi connectivity index (χ0n) is 16.2. The van der Waals surface area contributed by atoms with Gasteiger partial charge in [0.1, 0.15) is 5.92 Å². The van der Waals surface area contributed by atoms with E-state index in [2.05, 4.69) is 34.5 Å². The smallest absolute Gasteiger partial charge is 0.153 e. The lowest BCUT2D eigenvalue weighted by Gasteiger charge is -2.50. The number of hydrogen-bond donors (Lipinski definition) is 1. The maximum absolute atomic E-state index is 12.9. The molecule has 1 radical (unpaired) electrons. The third-order valence-electron chi connectivity index (χ3n) is 6.90. The number of nitrogens with zero attached hydrogens (tertiary/aromatic N) is 3. The highest BCUT2D eigenvalue weighted by atomic mass is 16.1.